The summed E-state index contributed by atoms with van der Waals surface area (Å²) < 4.78 is 22.5. The van der Waals surface area contributed by atoms with Gasteiger partial charge in [-0.05, 0) is 260 Å². The lowest BCUT2D eigenvalue weighted by atomic mass is 9.80. The van der Waals surface area contributed by atoms with Crippen LogP contribution in [0.1, 0.15) is 205 Å². The summed E-state index contributed by atoms with van der Waals surface area (Å²) in [6, 6.07) is 92.7. The second-order valence-electron chi connectivity index (χ2n) is 37.0. The minimum atomic E-state index is -0.241. The number of carbonyl (C=O) groups is 4. The minimum Gasteiger partial charge on any atom is -0.491 e. The Morgan fingerprint density at radius 3 is 1.05 bits per heavy atom. The molecule has 4 fully saturated rings. The van der Waals surface area contributed by atoms with Crippen molar-refractivity contribution in [3.63, 3.8) is 0 Å². The Morgan fingerprint density at radius 2 is 0.672 bits per heavy atom. The number of H-pyrrole nitrogens is 6. The van der Waals surface area contributed by atoms with Gasteiger partial charge < -0.3 is 55.1 Å². The number of aromatic nitrogens is 10. The van der Waals surface area contributed by atoms with Crippen LogP contribution in [0.2, 0.25) is 0 Å². The third-order valence-electron chi connectivity index (χ3n) is 27.4. The largest absolute Gasteiger partial charge is 0.491 e. The molecule has 7 heterocycles. The van der Waals surface area contributed by atoms with Gasteiger partial charge >= 0.3 is 5.69 Å². The number of nitrogens with one attached hydrogen (secondary N) is 10. The lowest BCUT2D eigenvalue weighted by Crippen LogP contribution is -2.51. The van der Waals surface area contributed by atoms with Crippen LogP contribution in [0.25, 0.3) is 99.7 Å². The molecule has 1 saturated heterocycles. The van der Waals surface area contributed by atoms with E-state index in [1.165, 1.54) is 41.5 Å². The summed E-state index contributed by atoms with van der Waals surface area (Å²) in [5, 5.41) is 47.4. The van der Waals surface area contributed by atoms with Crippen LogP contribution in [0.4, 0.5) is 0 Å². The molecule has 3 aliphatic carbocycles. The summed E-state index contributed by atoms with van der Waals surface area (Å²) in [5.74, 6) is 4.28. The molecule has 24 heteroatoms. The van der Waals surface area contributed by atoms with Crippen molar-refractivity contribution in [3.8, 4) is 68.0 Å². The van der Waals surface area contributed by atoms with E-state index in [0.717, 1.165) is 201 Å². The molecule has 12 aromatic carbocycles. The van der Waals surface area contributed by atoms with Crippen molar-refractivity contribution in [3.05, 3.63) is 334 Å². The number of aromatic amines is 6. The highest BCUT2D eigenvalue weighted by atomic mass is 16.7. The Kier molecular flexibility index (Phi) is 27.7. The van der Waals surface area contributed by atoms with E-state index in [-0.39, 0.29) is 72.5 Å². The van der Waals surface area contributed by atoms with Crippen molar-refractivity contribution in [2.45, 2.75) is 178 Å². The van der Waals surface area contributed by atoms with E-state index in [9.17, 15) is 24.0 Å². The molecule has 137 heavy (non-hydrogen) atoms. The molecule has 17 aromatic rings. The van der Waals surface area contributed by atoms with Gasteiger partial charge in [0.05, 0.1) is 62.4 Å². The van der Waals surface area contributed by atoms with Gasteiger partial charge in [0, 0.05) is 120 Å². The average molecular weight is 1830 g/mol. The Hall–Kier alpha value is -15.2. The fourth-order valence-corrected chi connectivity index (χ4v) is 20.4. The number of benzene rings is 12. The van der Waals surface area contributed by atoms with Gasteiger partial charge in [-0.25, -0.2) is 4.79 Å². The Balaban J connectivity index is 0.000000117. The first-order valence-electron chi connectivity index (χ1n) is 48.3. The number of imidazole rings is 1. The van der Waals surface area contributed by atoms with Crippen molar-refractivity contribution in [1.82, 2.24) is 76.9 Å². The molecule has 0 spiro atoms. The van der Waals surface area contributed by atoms with Gasteiger partial charge in [-0.15, -0.1) is 0 Å². The van der Waals surface area contributed by atoms with Crippen LogP contribution in [0.3, 0.4) is 0 Å². The summed E-state index contributed by atoms with van der Waals surface area (Å²) in [7, 11) is 0. The molecular formula is C113H115N15O9. The molecule has 696 valence electrons. The van der Waals surface area contributed by atoms with Crippen molar-refractivity contribution in [2.75, 3.05) is 26.4 Å². The third kappa shape index (κ3) is 21.0. The Bertz CT molecular complexity index is 7130. The lowest BCUT2D eigenvalue weighted by molar-refractivity contribution is 0.0887. The standard InChI is InChI=1S/C30H34N4O2.C29H31N3O2.C27H25N5O2.C27H25N3O3/c1-4-34-17-16-25(21-8-6-5-7-9-21)28(19-34)31-30(35)23-12-15-27-26(18-23)29(33-32-27)22-10-13-24(14-11-22)36-20(2)3;1-19(2)34-23-15-12-21(13-16-23)28-25-18-22(14-17-27(25)31-32-28)29(33)30-26-11-7-6-10-24(26)20-8-4-3-5-9-20;33-26(28-21-9-5-4-8-19(21)16-6-2-1-3-7-16)18-11-12-22-20(14-18)25(32-31-22)17-10-13-23-24(15-17)30-27(34)29-23;31-27(28-22-9-5-4-8-20(22)17-6-2-1-3-7-17)19-10-12-23-21(14-19)26(30-29-23)18-11-13-24-25(15-18)33-16-32-24/h5-15,18,20,25,28H,4,16-17,19H2,1-3H3,(H,31,35)(H,32,33);3-5,8-9,12-19,24,26H,6-7,10-11H2,1-2H3,(H,30,33)(H,31,32);1-3,6-7,10-15,19,21H,4-5,8-9H2,(H,28,33)(H,31,32)(H2,29,30,34);1-3,6-7,10-15,20,22H,4-5,8-9,16H2,(H,28,31)(H,29,30)/t25-,28+;24-,26+;19-,21+;20-,22+/m0000/s1. The topological polar surface area (TPSA) is 320 Å². The average Bonchev–Trinajstić information content (AvgIpc) is 1.65. The van der Waals surface area contributed by atoms with Crippen molar-refractivity contribution in [2.24, 2.45) is 0 Å². The fourth-order valence-electron chi connectivity index (χ4n) is 20.4. The molecule has 5 aliphatic rings. The number of hydrogen-bond acceptors (Lipinski definition) is 14. The van der Waals surface area contributed by atoms with Gasteiger partial charge in [0.15, 0.2) is 11.5 Å². The summed E-state index contributed by atoms with van der Waals surface area (Å²) >= 11 is 0. The molecular weight excluding hydrogens is 1710 g/mol. The van der Waals surface area contributed by atoms with Crippen LogP contribution in [-0.2, 0) is 0 Å². The Labute approximate surface area is 795 Å². The molecule has 8 atom stereocenters. The zero-order valence-corrected chi connectivity index (χ0v) is 77.8. The first-order chi connectivity index (χ1) is 67.0. The van der Waals surface area contributed by atoms with E-state index in [1.54, 1.807) is 0 Å². The molecule has 5 aromatic heterocycles. The highest BCUT2D eigenvalue weighted by Crippen LogP contribution is 2.42. The fraction of sp³-hybridized carbons (Fsp3) is 0.283. The van der Waals surface area contributed by atoms with Gasteiger partial charge in [0.25, 0.3) is 23.6 Å². The summed E-state index contributed by atoms with van der Waals surface area (Å²) in [5.41, 5.74) is 19.5. The van der Waals surface area contributed by atoms with Crippen LogP contribution in [0, 0.1) is 0 Å². The molecule has 3 saturated carbocycles. The highest BCUT2D eigenvalue weighted by Gasteiger charge is 2.35. The van der Waals surface area contributed by atoms with Gasteiger partial charge in [0.1, 0.15) is 17.2 Å². The number of nitrogens with zero attached hydrogens (tertiary/aromatic N) is 5. The monoisotopic (exact) mass is 1830 g/mol. The van der Waals surface area contributed by atoms with Crippen molar-refractivity contribution < 1.29 is 38.1 Å². The quantitative estimate of drug-likeness (QED) is 0.0320. The maximum Gasteiger partial charge on any atom is 0.323 e. The van der Waals surface area contributed by atoms with E-state index in [1.807, 2.05) is 210 Å². The molecule has 24 nitrogen and oxygen atoms in total. The molecule has 2 aliphatic heterocycles. The molecule has 22 rings (SSSR count). The second-order valence-corrected chi connectivity index (χ2v) is 37.0. The normalized spacial score (nSPS) is 18.6. The van der Waals surface area contributed by atoms with Gasteiger partial charge in [-0.3, -0.25) is 39.6 Å². The summed E-state index contributed by atoms with van der Waals surface area (Å²) in [4.78, 5) is 72.9. The lowest BCUT2D eigenvalue weighted by Gasteiger charge is -2.38. The van der Waals surface area contributed by atoms with E-state index < -0.39 is 0 Å². The van der Waals surface area contributed by atoms with Gasteiger partial charge in [-0.1, -0.05) is 173 Å². The predicted molar refractivity (Wildman–Crippen MR) is 540 cm³/mol. The number of likely N-dealkylation sites (N-methyl/N-ethyl adjacent to an activating group) is 1. The van der Waals surface area contributed by atoms with Crippen molar-refractivity contribution >= 4 is 78.3 Å². The molecule has 0 bridgehead atoms. The predicted octanol–water partition coefficient (Wildman–Crippen LogP) is 22.4. The van der Waals surface area contributed by atoms with E-state index in [4.69, 9.17) is 18.9 Å². The zero-order chi connectivity index (χ0) is 93.8. The minimum absolute atomic E-state index is 0.0254. The zero-order valence-electron chi connectivity index (χ0n) is 77.8. The Morgan fingerprint density at radius 1 is 0.350 bits per heavy atom. The molecule has 0 unspecified atom stereocenters. The van der Waals surface area contributed by atoms with E-state index >= 15 is 0 Å². The maximum absolute atomic E-state index is 13.5. The van der Waals surface area contributed by atoms with Crippen molar-refractivity contribution in [1.29, 1.82) is 0 Å². The second kappa shape index (κ2) is 41.8. The molecule has 0 radical (unpaired) electrons. The number of likely N-dealkylation sites (tertiary alicyclic amines) is 1. The number of fused-ring (bicyclic) bond motifs is 6. The van der Waals surface area contributed by atoms with Crippen LogP contribution in [-0.4, -0.2) is 142 Å². The third-order valence-corrected chi connectivity index (χ3v) is 27.4. The van der Waals surface area contributed by atoms with E-state index in [0.29, 0.717) is 51.7 Å². The number of hydrogen-bond donors (Lipinski definition) is 10. The number of ether oxygens (including phenoxy) is 4. The number of amides is 4. The van der Waals surface area contributed by atoms with Gasteiger partial charge in [-0.2, -0.15) is 20.4 Å². The molecule has 10 N–H and O–H groups in total. The van der Waals surface area contributed by atoms with Crippen LogP contribution in [0.5, 0.6) is 23.0 Å². The number of rotatable bonds is 21. The van der Waals surface area contributed by atoms with Crippen LogP contribution >= 0.6 is 0 Å². The van der Waals surface area contributed by atoms with Gasteiger partial charge in [0.2, 0.25) is 6.79 Å². The van der Waals surface area contributed by atoms with Crippen LogP contribution in [0.15, 0.2) is 284 Å². The van der Waals surface area contributed by atoms with Crippen LogP contribution < -0.4 is 45.9 Å². The summed E-state index contributed by atoms with van der Waals surface area (Å²) in [6.45, 7) is 13.3. The highest BCUT2D eigenvalue weighted by molar-refractivity contribution is 6.06. The summed E-state index contributed by atoms with van der Waals surface area (Å²) in [6.07, 6.45) is 14.6. The maximum atomic E-state index is 13.5. The molecule has 4 amide bonds. The van der Waals surface area contributed by atoms with E-state index in [2.05, 4.69) is 181 Å². The first kappa shape index (κ1) is 91.0. The first-order valence-corrected chi connectivity index (χ1v) is 48.3. The number of carbonyl (C=O) groups excluding carboxylic acids is 4. The number of piperidine rings is 1. The SMILES string of the molecule is CC(C)Oc1ccc(-c2n[nH]c3ccc(C(=O)N[C@@H]4CCCC[C@H]4c4ccccc4)cc23)cc1.CCN1CC[C@@H](c2ccccc2)[C@H](NC(=O)c2ccc3[nH]nc(-c4ccc(OC(C)C)cc4)c3c2)C1.O=C(N[C@@H]1CCCC[C@H]1c1ccccc1)c1ccc2[nH]nc(-c3ccc4[nH]c(=O)[nH]c4c3)c2c1.O=C(N[C@@H]1CCCC[C@H]1c1ccccc1)c1ccc2[nH]nc(-c3ccc4c(c3)OCO4)c2c1. The smallest absolute Gasteiger partial charge is 0.323 e.